The zero-order valence-corrected chi connectivity index (χ0v) is 9.77. The molecule has 1 saturated heterocycles. The van der Waals surface area contributed by atoms with Crippen LogP contribution in [0.15, 0.2) is 24.3 Å². The van der Waals surface area contributed by atoms with Crippen LogP contribution >= 0.6 is 11.8 Å². The lowest BCUT2D eigenvalue weighted by Gasteiger charge is -2.23. The normalized spacial score (nSPS) is 17.7. The summed E-state index contributed by atoms with van der Waals surface area (Å²) in [4.78, 5) is 0. The Morgan fingerprint density at radius 3 is 3.00 bits per heavy atom. The molecule has 1 aromatic carbocycles. The fourth-order valence-electron chi connectivity index (χ4n) is 1.65. The summed E-state index contributed by atoms with van der Waals surface area (Å²) < 4.78 is 5.63. The largest absolute Gasteiger partial charge is 0.494 e. The van der Waals surface area contributed by atoms with Gasteiger partial charge in [0, 0.05) is 24.4 Å². The van der Waals surface area contributed by atoms with E-state index in [0.29, 0.717) is 0 Å². The molecule has 0 atom stereocenters. The zero-order chi connectivity index (χ0) is 10.5. The molecule has 1 N–H and O–H groups in total. The van der Waals surface area contributed by atoms with Crippen LogP contribution in [-0.2, 0) is 0 Å². The first kappa shape index (κ1) is 10.8. The molecule has 0 aromatic heterocycles. The minimum absolute atomic E-state index is 0.725. The molecule has 2 rings (SSSR count). The van der Waals surface area contributed by atoms with Gasteiger partial charge in [0.1, 0.15) is 5.75 Å². The Labute approximate surface area is 95.4 Å². The van der Waals surface area contributed by atoms with Crippen molar-refractivity contribution in [2.24, 2.45) is 0 Å². The summed E-state index contributed by atoms with van der Waals surface area (Å²) in [5.41, 5.74) is 1.25. The highest BCUT2D eigenvalue weighted by Crippen LogP contribution is 2.34. The van der Waals surface area contributed by atoms with Gasteiger partial charge in [0.05, 0.1) is 11.9 Å². The Morgan fingerprint density at radius 1 is 1.40 bits per heavy atom. The molecule has 1 heterocycles. The van der Waals surface area contributed by atoms with E-state index in [0.717, 1.165) is 31.2 Å². The monoisotopic (exact) mass is 222 g/mol. The van der Waals surface area contributed by atoms with Crippen molar-refractivity contribution in [3.05, 3.63) is 35.1 Å². The van der Waals surface area contributed by atoms with Gasteiger partial charge in [0.15, 0.2) is 0 Å². The molecular formula is C12H16NOS. The number of thioether (sulfide) groups is 1. The SMILES string of the molecule is CCOc1ccccc1[C]1CNCCS1. The average molecular weight is 222 g/mol. The van der Waals surface area contributed by atoms with Crippen LogP contribution in [0.3, 0.4) is 0 Å². The highest BCUT2D eigenvalue weighted by atomic mass is 32.2. The van der Waals surface area contributed by atoms with Gasteiger partial charge in [-0.25, -0.2) is 0 Å². The summed E-state index contributed by atoms with van der Waals surface area (Å²) in [7, 11) is 0. The number of nitrogens with one attached hydrogen (secondary N) is 1. The molecule has 0 bridgehead atoms. The van der Waals surface area contributed by atoms with Crippen molar-refractivity contribution in [1.29, 1.82) is 0 Å². The van der Waals surface area contributed by atoms with Crippen LogP contribution < -0.4 is 10.1 Å². The van der Waals surface area contributed by atoms with Crippen molar-refractivity contribution in [1.82, 2.24) is 5.32 Å². The standard InChI is InChI=1S/C12H16NOS/c1-2-14-11-6-4-3-5-10(11)12-9-13-7-8-15-12/h3-6,13H,2,7-9H2,1H3. The molecule has 2 nitrogen and oxygen atoms in total. The number of hydrogen-bond donors (Lipinski definition) is 1. The van der Waals surface area contributed by atoms with Gasteiger partial charge in [0.25, 0.3) is 0 Å². The third kappa shape index (κ3) is 2.67. The maximum atomic E-state index is 5.63. The molecule has 1 aliphatic heterocycles. The Hall–Kier alpha value is -0.670. The molecule has 1 aliphatic rings. The molecule has 1 radical (unpaired) electrons. The van der Waals surface area contributed by atoms with E-state index in [-0.39, 0.29) is 0 Å². The third-order valence-electron chi connectivity index (χ3n) is 2.33. The summed E-state index contributed by atoms with van der Waals surface area (Å²) >= 11 is 1.93. The highest BCUT2D eigenvalue weighted by molar-refractivity contribution is 8.02. The van der Waals surface area contributed by atoms with Crippen molar-refractivity contribution in [2.45, 2.75) is 6.92 Å². The molecule has 1 aromatic rings. The Kier molecular flexibility index (Phi) is 3.92. The molecule has 0 aliphatic carbocycles. The Morgan fingerprint density at radius 2 is 2.27 bits per heavy atom. The van der Waals surface area contributed by atoms with Gasteiger partial charge in [-0.1, -0.05) is 18.2 Å². The van der Waals surface area contributed by atoms with E-state index < -0.39 is 0 Å². The first-order valence-corrected chi connectivity index (χ1v) is 6.32. The van der Waals surface area contributed by atoms with Gasteiger partial charge >= 0.3 is 0 Å². The molecule has 1 fully saturated rings. The van der Waals surface area contributed by atoms with E-state index in [1.54, 1.807) is 0 Å². The number of hydrogen-bond acceptors (Lipinski definition) is 3. The minimum Gasteiger partial charge on any atom is -0.494 e. The van der Waals surface area contributed by atoms with E-state index >= 15 is 0 Å². The van der Waals surface area contributed by atoms with Crippen LogP contribution in [0.4, 0.5) is 0 Å². The van der Waals surface area contributed by atoms with Crippen molar-refractivity contribution in [2.75, 3.05) is 25.4 Å². The molecule has 3 heteroatoms. The van der Waals surface area contributed by atoms with Crippen LogP contribution in [0.5, 0.6) is 5.75 Å². The lowest BCUT2D eigenvalue weighted by atomic mass is 10.1. The Bertz CT molecular complexity index is 310. The van der Waals surface area contributed by atoms with E-state index in [2.05, 4.69) is 17.4 Å². The molecule has 0 amide bonds. The summed E-state index contributed by atoms with van der Waals surface area (Å²) in [6, 6.07) is 8.28. The topological polar surface area (TPSA) is 21.3 Å². The summed E-state index contributed by atoms with van der Waals surface area (Å²) in [5, 5.41) is 4.78. The van der Waals surface area contributed by atoms with Crippen LogP contribution in [0.25, 0.3) is 0 Å². The van der Waals surface area contributed by atoms with Crippen LogP contribution in [0, 0.1) is 5.25 Å². The minimum atomic E-state index is 0.725. The fraction of sp³-hybridized carbons (Fsp3) is 0.417. The van der Waals surface area contributed by atoms with Gasteiger partial charge in [-0.15, -0.1) is 11.8 Å². The third-order valence-corrected chi connectivity index (χ3v) is 3.45. The van der Waals surface area contributed by atoms with Crippen molar-refractivity contribution in [3.8, 4) is 5.75 Å². The van der Waals surface area contributed by atoms with Crippen molar-refractivity contribution >= 4 is 11.8 Å². The number of benzene rings is 1. The molecule has 0 saturated carbocycles. The predicted molar refractivity (Wildman–Crippen MR) is 65.3 cm³/mol. The number of ether oxygens (including phenoxy) is 1. The number of rotatable bonds is 3. The van der Waals surface area contributed by atoms with Gasteiger partial charge in [-0.2, -0.15) is 0 Å². The quantitative estimate of drug-likeness (QED) is 0.848. The predicted octanol–water partition coefficient (Wildman–Crippen LogP) is 2.30. The second kappa shape index (κ2) is 5.42. The number of para-hydroxylation sites is 1. The van der Waals surface area contributed by atoms with E-state index in [9.17, 15) is 0 Å². The van der Waals surface area contributed by atoms with Crippen LogP contribution in [0.1, 0.15) is 12.5 Å². The molecule has 0 unspecified atom stereocenters. The first-order valence-electron chi connectivity index (χ1n) is 5.33. The second-order valence-corrected chi connectivity index (χ2v) is 4.57. The highest BCUT2D eigenvalue weighted by Gasteiger charge is 2.19. The first-order chi connectivity index (χ1) is 7.42. The van der Waals surface area contributed by atoms with E-state index in [1.807, 2.05) is 30.8 Å². The molecular weight excluding hydrogens is 206 g/mol. The average Bonchev–Trinajstić information content (AvgIpc) is 2.31. The maximum Gasteiger partial charge on any atom is 0.123 e. The van der Waals surface area contributed by atoms with E-state index in [1.165, 1.54) is 10.8 Å². The summed E-state index contributed by atoms with van der Waals surface area (Å²) in [6.07, 6.45) is 0. The maximum absolute atomic E-state index is 5.63. The molecule has 0 spiro atoms. The van der Waals surface area contributed by atoms with Crippen LogP contribution in [0.2, 0.25) is 0 Å². The van der Waals surface area contributed by atoms with Gasteiger partial charge < -0.3 is 10.1 Å². The van der Waals surface area contributed by atoms with Gasteiger partial charge in [-0.3, -0.25) is 0 Å². The molecule has 81 valence electrons. The zero-order valence-electron chi connectivity index (χ0n) is 8.95. The van der Waals surface area contributed by atoms with E-state index in [4.69, 9.17) is 4.74 Å². The fourth-order valence-corrected chi connectivity index (χ4v) is 2.67. The van der Waals surface area contributed by atoms with Gasteiger partial charge in [0.2, 0.25) is 0 Å². The second-order valence-electron chi connectivity index (χ2n) is 3.38. The smallest absolute Gasteiger partial charge is 0.123 e. The molecule has 15 heavy (non-hydrogen) atoms. The lowest BCUT2D eigenvalue weighted by Crippen LogP contribution is -2.28. The van der Waals surface area contributed by atoms with Gasteiger partial charge in [-0.05, 0) is 13.0 Å². The van der Waals surface area contributed by atoms with Crippen LogP contribution in [-0.4, -0.2) is 25.4 Å². The summed E-state index contributed by atoms with van der Waals surface area (Å²) in [5.74, 6) is 2.15. The summed E-state index contributed by atoms with van der Waals surface area (Å²) in [6.45, 7) is 4.82. The van der Waals surface area contributed by atoms with Crippen molar-refractivity contribution in [3.63, 3.8) is 0 Å². The Balaban J connectivity index is 2.17. The van der Waals surface area contributed by atoms with Crippen molar-refractivity contribution < 1.29 is 4.74 Å². The lowest BCUT2D eigenvalue weighted by molar-refractivity contribution is 0.338.